The lowest BCUT2D eigenvalue weighted by Crippen LogP contribution is -2.34. The first kappa shape index (κ1) is 10.5. The van der Waals surface area contributed by atoms with Gasteiger partial charge in [-0.15, -0.1) is 0 Å². The van der Waals surface area contributed by atoms with Gasteiger partial charge in [-0.05, 0) is 18.9 Å². The van der Waals surface area contributed by atoms with Crippen molar-refractivity contribution in [3.8, 4) is 0 Å². The van der Waals surface area contributed by atoms with E-state index in [0.29, 0.717) is 12.2 Å². The molecular formula is C11H13F2NO. The molecule has 1 aromatic carbocycles. The molecule has 1 aliphatic rings. The Balaban J connectivity index is 2.27. The van der Waals surface area contributed by atoms with E-state index in [1.54, 1.807) is 0 Å². The summed E-state index contributed by atoms with van der Waals surface area (Å²) in [4.78, 5) is 0. The zero-order chi connectivity index (χ0) is 10.8. The van der Waals surface area contributed by atoms with E-state index in [9.17, 15) is 8.78 Å². The van der Waals surface area contributed by atoms with Crippen molar-refractivity contribution >= 4 is 0 Å². The highest BCUT2D eigenvalue weighted by atomic mass is 19.1. The van der Waals surface area contributed by atoms with Crippen molar-refractivity contribution in [2.75, 3.05) is 6.61 Å². The monoisotopic (exact) mass is 213 g/mol. The molecule has 2 atom stereocenters. The molecule has 1 heterocycles. The van der Waals surface area contributed by atoms with Crippen LogP contribution in [0, 0.1) is 11.6 Å². The molecule has 2 unspecified atom stereocenters. The van der Waals surface area contributed by atoms with Crippen molar-refractivity contribution in [2.24, 2.45) is 5.73 Å². The SMILES string of the molecule is NC1CCCOC1c1ccc(F)cc1F. The summed E-state index contributed by atoms with van der Waals surface area (Å²) in [6.45, 7) is 0.579. The summed E-state index contributed by atoms with van der Waals surface area (Å²) in [5.74, 6) is -1.17. The van der Waals surface area contributed by atoms with Gasteiger partial charge in [-0.3, -0.25) is 0 Å². The Morgan fingerprint density at radius 1 is 1.33 bits per heavy atom. The van der Waals surface area contributed by atoms with Gasteiger partial charge in [0.05, 0.1) is 0 Å². The number of ether oxygens (including phenoxy) is 1. The molecule has 4 heteroatoms. The lowest BCUT2D eigenvalue weighted by Gasteiger charge is -2.29. The van der Waals surface area contributed by atoms with E-state index >= 15 is 0 Å². The van der Waals surface area contributed by atoms with E-state index in [1.807, 2.05) is 0 Å². The first-order chi connectivity index (χ1) is 7.18. The average molecular weight is 213 g/mol. The third kappa shape index (κ3) is 2.16. The summed E-state index contributed by atoms with van der Waals surface area (Å²) in [6.07, 6.45) is 1.25. The smallest absolute Gasteiger partial charge is 0.131 e. The normalized spacial score (nSPS) is 26.6. The number of hydrogen-bond acceptors (Lipinski definition) is 2. The van der Waals surface area contributed by atoms with Gasteiger partial charge in [0.2, 0.25) is 0 Å². The highest BCUT2D eigenvalue weighted by molar-refractivity contribution is 5.22. The van der Waals surface area contributed by atoms with E-state index in [0.717, 1.165) is 18.9 Å². The second-order valence-corrected chi connectivity index (χ2v) is 3.76. The number of rotatable bonds is 1. The molecular weight excluding hydrogens is 200 g/mol. The molecule has 82 valence electrons. The van der Waals surface area contributed by atoms with Gasteiger partial charge in [-0.2, -0.15) is 0 Å². The average Bonchev–Trinajstić information content (AvgIpc) is 2.20. The zero-order valence-corrected chi connectivity index (χ0v) is 8.25. The molecule has 0 aromatic heterocycles. The molecule has 1 saturated heterocycles. The van der Waals surface area contributed by atoms with Crippen molar-refractivity contribution in [1.29, 1.82) is 0 Å². The van der Waals surface area contributed by atoms with E-state index < -0.39 is 17.7 Å². The van der Waals surface area contributed by atoms with Crippen LogP contribution in [0.1, 0.15) is 24.5 Å². The molecule has 1 aromatic rings. The summed E-state index contributed by atoms with van der Waals surface area (Å²) in [7, 11) is 0. The van der Waals surface area contributed by atoms with E-state index in [-0.39, 0.29) is 6.04 Å². The van der Waals surface area contributed by atoms with Crippen LogP contribution in [-0.2, 0) is 4.74 Å². The largest absolute Gasteiger partial charge is 0.372 e. The quantitative estimate of drug-likeness (QED) is 0.775. The van der Waals surface area contributed by atoms with Crippen LogP contribution >= 0.6 is 0 Å². The van der Waals surface area contributed by atoms with Crippen LogP contribution in [0.15, 0.2) is 18.2 Å². The second-order valence-electron chi connectivity index (χ2n) is 3.76. The standard InChI is InChI=1S/C11H13F2NO/c12-7-3-4-8(9(13)6-7)11-10(14)2-1-5-15-11/h3-4,6,10-11H,1-2,5,14H2. The molecule has 0 saturated carbocycles. The van der Waals surface area contributed by atoms with Gasteiger partial charge in [-0.25, -0.2) is 8.78 Å². The minimum atomic E-state index is -0.586. The lowest BCUT2D eigenvalue weighted by atomic mass is 9.96. The molecule has 15 heavy (non-hydrogen) atoms. The molecule has 2 rings (SSSR count). The highest BCUT2D eigenvalue weighted by Gasteiger charge is 2.26. The van der Waals surface area contributed by atoms with Crippen molar-refractivity contribution in [1.82, 2.24) is 0 Å². The maximum atomic E-state index is 13.4. The Morgan fingerprint density at radius 2 is 2.13 bits per heavy atom. The van der Waals surface area contributed by atoms with Crippen LogP contribution in [0.2, 0.25) is 0 Å². The number of benzene rings is 1. The van der Waals surface area contributed by atoms with Crippen molar-refractivity contribution in [3.05, 3.63) is 35.4 Å². The summed E-state index contributed by atoms with van der Waals surface area (Å²) >= 11 is 0. The molecule has 2 N–H and O–H groups in total. The Hall–Kier alpha value is -1.00. The predicted octanol–water partition coefficient (Wildman–Crippen LogP) is 2.14. The minimum Gasteiger partial charge on any atom is -0.372 e. The lowest BCUT2D eigenvalue weighted by molar-refractivity contribution is -0.00193. The van der Waals surface area contributed by atoms with Gasteiger partial charge in [0.1, 0.15) is 17.7 Å². The molecule has 1 aliphatic heterocycles. The Labute approximate surface area is 87.0 Å². The maximum Gasteiger partial charge on any atom is 0.131 e. The Morgan fingerprint density at radius 3 is 2.80 bits per heavy atom. The maximum absolute atomic E-state index is 13.4. The van der Waals surface area contributed by atoms with Gasteiger partial charge in [0.25, 0.3) is 0 Å². The molecule has 0 radical (unpaired) electrons. The fourth-order valence-electron chi connectivity index (χ4n) is 1.86. The van der Waals surface area contributed by atoms with Gasteiger partial charge < -0.3 is 10.5 Å². The van der Waals surface area contributed by atoms with Crippen molar-refractivity contribution in [3.63, 3.8) is 0 Å². The fourth-order valence-corrected chi connectivity index (χ4v) is 1.86. The van der Waals surface area contributed by atoms with Gasteiger partial charge in [0, 0.05) is 24.3 Å². The molecule has 2 nitrogen and oxygen atoms in total. The van der Waals surface area contributed by atoms with Crippen LogP contribution < -0.4 is 5.73 Å². The van der Waals surface area contributed by atoms with Crippen LogP contribution in [0.25, 0.3) is 0 Å². The van der Waals surface area contributed by atoms with Crippen molar-refractivity contribution in [2.45, 2.75) is 25.0 Å². The molecule has 0 amide bonds. The molecule has 1 fully saturated rings. The fraction of sp³-hybridized carbons (Fsp3) is 0.455. The van der Waals surface area contributed by atoms with Crippen LogP contribution in [-0.4, -0.2) is 12.6 Å². The first-order valence-corrected chi connectivity index (χ1v) is 5.00. The Kier molecular flexibility index (Phi) is 2.98. The molecule has 0 spiro atoms. The predicted molar refractivity (Wildman–Crippen MR) is 52.3 cm³/mol. The Bertz CT molecular complexity index is 356. The summed E-state index contributed by atoms with van der Waals surface area (Å²) in [6, 6.07) is 3.28. The van der Waals surface area contributed by atoms with E-state index in [1.165, 1.54) is 12.1 Å². The van der Waals surface area contributed by atoms with Crippen LogP contribution in [0.3, 0.4) is 0 Å². The van der Waals surface area contributed by atoms with E-state index in [4.69, 9.17) is 10.5 Å². The van der Waals surface area contributed by atoms with E-state index in [2.05, 4.69) is 0 Å². The number of halogens is 2. The summed E-state index contributed by atoms with van der Waals surface area (Å²) < 4.78 is 31.5. The van der Waals surface area contributed by atoms with Crippen LogP contribution in [0.4, 0.5) is 8.78 Å². The number of nitrogens with two attached hydrogens (primary N) is 1. The summed E-state index contributed by atoms with van der Waals surface area (Å²) in [5.41, 5.74) is 6.18. The second kappa shape index (κ2) is 4.24. The summed E-state index contributed by atoms with van der Waals surface area (Å²) in [5, 5.41) is 0. The van der Waals surface area contributed by atoms with Crippen molar-refractivity contribution < 1.29 is 13.5 Å². The third-order valence-electron chi connectivity index (χ3n) is 2.64. The number of hydrogen-bond donors (Lipinski definition) is 1. The van der Waals surface area contributed by atoms with Gasteiger partial charge >= 0.3 is 0 Å². The van der Waals surface area contributed by atoms with Gasteiger partial charge in [0.15, 0.2) is 0 Å². The molecule has 0 bridgehead atoms. The van der Waals surface area contributed by atoms with Crippen LogP contribution in [0.5, 0.6) is 0 Å². The first-order valence-electron chi connectivity index (χ1n) is 5.00. The minimum absolute atomic E-state index is 0.210. The topological polar surface area (TPSA) is 35.2 Å². The third-order valence-corrected chi connectivity index (χ3v) is 2.64. The zero-order valence-electron chi connectivity index (χ0n) is 8.25. The molecule has 0 aliphatic carbocycles. The highest BCUT2D eigenvalue weighted by Crippen LogP contribution is 2.29. The van der Waals surface area contributed by atoms with Gasteiger partial charge in [-0.1, -0.05) is 6.07 Å².